The molecule has 1 aliphatic rings. The molecular formula is C20H21N3. The molecular weight excluding hydrogens is 282 g/mol. The van der Waals surface area contributed by atoms with Crippen molar-refractivity contribution >= 4 is 22.4 Å². The van der Waals surface area contributed by atoms with Crippen molar-refractivity contribution in [2.24, 2.45) is 0 Å². The average molecular weight is 303 g/mol. The fraction of sp³-hybridized carbons (Fsp3) is 0.250. The van der Waals surface area contributed by atoms with Crippen molar-refractivity contribution in [3.8, 4) is 0 Å². The third-order valence-corrected chi connectivity index (χ3v) is 4.70. The minimum absolute atomic E-state index is 0.886. The highest BCUT2D eigenvalue weighted by Crippen LogP contribution is 2.37. The van der Waals surface area contributed by atoms with Gasteiger partial charge in [-0.2, -0.15) is 0 Å². The maximum Gasteiger partial charge on any atom is 0.134 e. The van der Waals surface area contributed by atoms with Crippen molar-refractivity contribution in [2.75, 3.05) is 17.2 Å². The van der Waals surface area contributed by atoms with Gasteiger partial charge in [-0.25, -0.2) is 4.98 Å². The summed E-state index contributed by atoms with van der Waals surface area (Å²) in [4.78, 5) is 7.33. The van der Waals surface area contributed by atoms with Crippen LogP contribution in [0, 0.1) is 13.8 Å². The molecule has 0 radical (unpaired) electrons. The summed E-state index contributed by atoms with van der Waals surface area (Å²) in [7, 11) is 0. The number of nitrogens with two attached hydrogens (primary N) is 1. The molecule has 2 N–H and O–H groups in total. The predicted octanol–water partition coefficient (Wildman–Crippen LogP) is 4.00. The lowest BCUT2D eigenvalue weighted by Crippen LogP contribution is -2.20. The van der Waals surface area contributed by atoms with Crippen molar-refractivity contribution in [3.63, 3.8) is 0 Å². The summed E-state index contributed by atoms with van der Waals surface area (Å²) in [6, 6.07) is 14.9. The van der Waals surface area contributed by atoms with Crippen LogP contribution in [0.15, 0.2) is 42.5 Å². The molecule has 0 bridgehead atoms. The quantitative estimate of drug-likeness (QED) is 0.778. The Labute approximate surface area is 136 Å². The minimum Gasteiger partial charge on any atom is -0.398 e. The van der Waals surface area contributed by atoms with Gasteiger partial charge in [0.2, 0.25) is 0 Å². The van der Waals surface area contributed by atoms with E-state index in [1.807, 2.05) is 0 Å². The van der Waals surface area contributed by atoms with E-state index in [2.05, 4.69) is 61.2 Å². The number of aryl methyl sites for hydroxylation is 2. The molecule has 1 aliphatic heterocycles. The van der Waals surface area contributed by atoms with Gasteiger partial charge in [-0.05, 0) is 37.5 Å². The molecule has 0 saturated heterocycles. The summed E-state index contributed by atoms with van der Waals surface area (Å²) < 4.78 is 0. The normalized spacial score (nSPS) is 13.6. The number of rotatable bonds is 2. The molecule has 0 unspecified atom stereocenters. The lowest BCUT2D eigenvalue weighted by atomic mass is 10.0. The number of hydrogen-bond donors (Lipinski definition) is 1. The van der Waals surface area contributed by atoms with Crippen LogP contribution in [0.25, 0.3) is 10.9 Å². The first-order valence-electron chi connectivity index (χ1n) is 8.11. The Bertz CT molecular complexity index is 885. The molecule has 0 aliphatic carbocycles. The number of pyridine rings is 1. The fourth-order valence-electron chi connectivity index (χ4n) is 3.59. The van der Waals surface area contributed by atoms with Gasteiger partial charge in [0, 0.05) is 29.7 Å². The molecule has 0 atom stereocenters. The van der Waals surface area contributed by atoms with E-state index in [1.165, 1.54) is 22.3 Å². The predicted molar refractivity (Wildman–Crippen MR) is 96.8 cm³/mol. The van der Waals surface area contributed by atoms with Crippen molar-refractivity contribution < 1.29 is 0 Å². The summed E-state index contributed by atoms with van der Waals surface area (Å²) in [5.74, 6) is 1.06. The summed E-state index contributed by atoms with van der Waals surface area (Å²) in [6.07, 6.45) is 0.976. The number of nitrogen functional groups attached to an aromatic ring is 1. The Morgan fingerprint density at radius 1 is 1.13 bits per heavy atom. The minimum atomic E-state index is 0.886. The standard InChI is InChI=1S/C20H21N3/c1-13-10-14(2)19-17(11-13)18(21)16-8-9-23(20(16)22-19)12-15-6-4-3-5-7-15/h3-7,10-11H,8-9,12H2,1-2H3,(H2,21,22). The number of nitrogens with zero attached hydrogens (tertiary/aromatic N) is 2. The van der Waals surface area contributed by atoms with Gasteiger partial charge in [-0.1, -0.05) is 42.0 Å². The van der Waals surface area contributed by atoms with Crippen LogP contribution in [0.2, 0.25) is 0 Å². The Balaban J connectivity index is 1.82. The molecule has 0 amide bonds. The molecule has 0 spiro atoms. The van der Waals surface area contributed by atoms with E-state index in [-0.39, 0.29) is 0 Å². The summed E-state index contributed by atoms with van der Waals surface area (Å²) in [6.45, 7) is 6.10. The van der Waals surface area contributed by atoms with Gasteiger partial charge in [-0.15, -0.1) is 0 Å². The van der Waals surface area contributed by atoms with Crippen LogP contribution in [-0.4, -0.2) is 11.5 Å². The molecule has 3 heteroatoms. The maximum atomic E-state index is 6.50. The maximum absolute atomic E-state index is 6.50. The van der Waals surface area contributed by atoms with E-state index in [0.29, 0.717) is 0 Å². The molecule has 2 heterocycles. The Morgan fingerprint density at radius 2 is 1.91 bits per heavy atom. The summed E-state index contributed by atoms with van der Waals surface area (Å²) >= 11 is 0. The topological polar surface area (TPSA) is 42.1 Å². The van der Waals surface area contributed by atoms with Gasteiger partial charge < -0.3 is 10.6 Å². The zero-order valence-corrected chi connectivity index (χ0v) is 13.6. The van der Waals surface area contributed by atoms with Gasteiger partial charge in [0.15, 0.2) is 0 Å². The van der Waals surface area contributed by atoms with Crippen molar-refractivity contribution in [2.45, 2.75) is 26.8 Å². The lowest BCUT2D eigenvalue weighted by molar-refractivity contribution is 0.827. The number of aromatic nitrogens is 1. The van der Waals surface area contributed by atoms with Crippen molar-refractivity contribution in [1.29, 1.82) is 0 Å². The zero-order valence-electron chi connectivity index (χ0n) is 13.6. The summed E-state index contributed by atoms with van der Waals surface area (Å²) in [5.41, 5.74) is 13.4. The first-order valence-corrected chi connectivity index (χ1v) is 8.11. The molecule has 1 aromatic heterocycles. The SMILES string of the molecule is Cc1cc(C)c2nc3c(c(N)c2c1)CCN3Cc1ccccc1. The van der Waals surface area contributed by atoms with E-state index < -0.39 is 0 Å². The molecule has 0 fully saturated rings. The first kappa shape index (κ1) is 14.1. The molecule has 23 heavy (non-hydrogen) atoms. The first-order chi connectivity index (χ1) is 11.1. The third kappa shape index (κ3) is 2.33. The third-order valence-electron chi connectivity index (χ3n) is 4.70. The van der Waals surface area contributed by atoms with Crippen LogP contribution in [0.3, 0.4) is 0 Å². The van der Waals surface area contributed by atoms with E-state index in [4.69, 9.17) is 10.7 Å². The molecule has 3 aromatic rings. The van der Waals surface area contributed by atoms with Gasteiger partial charge in [-0.3, -0.25) is 0 Å². The highest BCUT2D eigenvalue weighted by Gasteiger charge is 2.25. The molecule has 3 nitrogen and oxygen atoms in total. The van der Waals surface area contributed by atoms with E-state index in [9.17, 15) is 0 Å². The Hall–Kier alpha value is -2.55. The number of hydrogen-bond acceptors (Lipinski definition) is 3. The monoisotopic (exact) mass is 303 g/mol. The van der Waals surface area contributed by atoms with Gasteiger partial charge in [0.25, 0.3) is 0 Å². The van der Waals surface area contributed by atoms with Crippen LogP contribution in [0.4, 0.5) is 11.5 Å². The highest BCUT2D eigenvalue weighted by molar-refractivity contribution is 5.97. The number of fused-ring (bicyclic) bond motifs is 2. The van der Waals surface area contributed by atoms with Crippen LogP contribution in [0.1, 0.15) is 22.3 Å². The molecule has 0 saturated carbocycles. The highest BCUT2D eigenvalue weighted by atomic mass is 15.2. The Kier molecular flexibility index (Phi) is 3.22. The van der Waals surface area contributed by atoms with Crippen molar-refractivity contribution in [1.82, 2.24) is 4.98 Å². The number of anilines is 2. The smallest absolute Gasteiger partial charge is 0.134 e. The molecule has 4 rings (SSSR count). The zero-order chi connectivity index (χ0) is 16.0. The largest absolute Gasteiger partial charge is 0.398 e. The van der Waals surface area contributed by atoms with E-state index in [0.717, 1.165) is 41.9 Å². The summed E-state index contributed by atoms with van der Waals surface area (Å²) in [5, 5.41) is 1.10. The number of benzene rings is 2. The molecule has 2 aromatic carbocycles. The second-order valence-electron chi connectivity index (χ2n) is 6.46. The fourth-order valence-corrected chi connectivity index (χ4v) is 3.59. The van der Waals surface area contributed by atoms with E-state index in [1.54, 1.807) is 0 Å². The van der Waals surface area contributed by atoms with Crippen LogP contribution in [0.5, 0.6) is 0 Å². The van der Waals surface area contributed by atoms with Crippen LogP contribution < -0.4 is 10.6 Å². The van der Waals surface area contributed by atoms with Crippen LogP contribution in [-0.2, 0) is 13.0 Å². The second kappa shape index (κ2) is 5.27. The van der Waals surface area contributed by atoms with Gasteiger partial charge in [0.05, 0.1) is 5.52 Å². The van der Waals surface area contributed by atoms with Gasteiger partial charge in [0.1, 0.15) is 5.82 Å². The average Bonchev–Trinajstić information content (AvgIpc) is 2.93. The second-order valence-corrected chi connectivity index (χ2v) is 6.46. The van der Waals surface area contributed by atoms with Gasteiger partial charge >= 0.3 is 0 Å². The molecule has 116 valence electrons. The van der Waals surface area contributed by atoms with Crippen LogP contribution >= 0.6 is 0 Å². The Morgan fingerprint density at radius 3 is 2.70 bits per heavy atom. The van der Waals surface area contributed by atoms with E-state index >= 15 is 0 Å². The lowest BCUT2D eigenvalue weighted by Gasteiger charge is -2.20. The van der Waals surface area contributed by atoms with Crippen molar-refractivity contribution in [3.05, 3.63) is 64.7 Å².